The average molecular weight is 512 g/mol. The lowest BCUT2D eigenvalue weighted by atomic mass is 10.1. The molecule has 1 N–H and O–H groups in total. The molecule has 0 radical (unpaired) electrons. The van der Waals surface area contributed by atoms with E-state index in [1.54, 1.807) is 31.2 Å². The fourth-order valence-corrected chi connectivity index (χ4v) is 3.92. The van der Waals surface area contributed by atoms with Crippen LogP contribution in [-0.2, 0) is 9.63 Å². The monoisotopic (exact) mass is 511 g/mol. The molecule has 1 amide bonds. The first-order valence-electron chi connectivity index (χ1n) is 10.2. The molecule has 2 aliphatic rings. The normalized spacial score (nSPS) is 16.2. The van der Waals surface area contributed by atoms with E-state index in [1.807, 2.05) is 31.2 Å². The lowest BCUT2D eigenvalue weighted by molar-refractivity contribution is -0.114. The van der Waals surface area contributed by atoms with Crippen LogP contribution in [0.15, 0.2) is 63.3 Å². The van der Waals surface area contributed by atoms with Gasteiger partial charge in [-0.2, -0.15) is 4.99 Å². The van der Waals surface area contributed by atoms with Gasteiger partial charge < -0.3 is 19.0 Å². The van der Waals surface area contributed by atoms with Gasteiger partial charge in [0.2, 0.25) is 0 Å². The summed E-state index contributed by atoms with van der Waals surface area (Å²) in [7, 11) is 1.53. The number of allylic oxidation sites excluding steroid dienone is 1. The van der Waals surface area contributed by atoms with E-state index >= 15 is 0 Å². The number of rotatable bonds is 7. The number of carbonyl (C=O) groups is 1. The van der Waals surface area contributed by atoms with Gasteiger partial charge in [-0.25, -0.2) is 0 Å². The number of hydroxylamine groups is 2. The quantitative estimate of drug-likeness (QED) is 0.428. The van der Waals surface area contributed by atoms with Crippen LogP contribution in [-0.4, -0.2) is 43.0 Å². The zero-order valence-corrected chi connectivity index (χ0v) is 19.9. The van der Waals surface area contributed by atoms with Gasteiger partial charge in [0.15, 0.2) is 23.2 Å². The van der Waals surface area contributed by atoms with E-state index in [-0.39, 0.29) is 11.4 Å². The number of hydrogen-bond acceptors (Lipinski definition) is 6. The van der Waals surface area contributed by atoms with Crippen molar-refractivity contribution in [1.82, 2.24) is 5.06 Å². The van der Waals surface area contributed by atoms with Crippen LogP contribution in [0.2, 0.25) is 0 Å². The lowest BCUT2D eigenvalue weighted by Gasteiger charge is -2.23. The summed E-state index contributed by atoms with van der Waals surface area (Å²) in [6.07, 6.45) is 3.18. The molecule has 8 nitrogen and oxygen atoms in total. The number of carbonyl (C=O) groups excluding carboxylic acids is 1. The summed E-state index contributed by atoms with van der Waals surface area (Å²) in [6, 6.07) is 11.3. The molecule has 0 saturated carbocycles. The van der Waals surface area contributed by atoms with Crippen LogP contribution in [0, 0.1) is 12.3 Å². The Morgan fingerprint density at radius 2 is 1.91 bits per heavy atom. The molecule has 2 aromatic rings. The van der Waals surface area contributed by atoms with Gasteiger partial charge in [-0.15, -0.1) is 5.06 Å². The number of hydrogen-bond donors (Lipinski definition) is 1. The van der Waals surface area contributed by atoms with Crippen LogP contribution in [0.25, 0.3) is 6.08 Å². The number of nitrogens with zero attached hydrogens (tertiary/aromatic N) is 2. The third kappa shape index (κ3) is 4.78. The number of halogens is 1. The molecule has 0 spiro atoms. The third-order valence-electron chi connectivity index (χ3n) is 4.92. The van der Waals surface area contributed by atoms with Gasteiger partial charge in [0.05, 0.1) is 17.2 Å². The van der Waals surface area contributed by atoms with Crippen molar-refractivity contribution < 1.29 is 23.8 Å². The molecule has 0 saturated heterocycles. The van der Waals surface area contributed by atoms with Crippen molar-refractivity contribution in [1.29, 1.82) is 5.41 Å². The van der Waals surface area contributed by atoms with E-state index in [0.29, 0.717) is 46.3 Å². The van der Waals surface area contributed by atoms with E-state index in [1.165, 1.54) is 12.2 Å². The predicted octanol–water partition coefficient (Wildman–Crippen LogP) is 4.67. The maximum atomic E-state index is 12.5. The predicted molar refractivity (Wildman–Crippen MR) is 128 cm³/mol. The number of nitrogens with one attached hydrogen (secondary N) is 1. The minimum absolute atomic E-state index is 0.0816. The van der Waals surface area contributed by atoms with Crippen LogP contribution >= 0.6 is 15.9 Å². The van der Waals surface area contributed by atoms with Crippen molar-refractivity contribution in [2.45, 2.75) is 13.8 Å². The van der Waals surface area contributed by atoms with E-state index in [9.17, 15) is 4.79 Å². The van der Waals surface area contributed by atoms with Crippen molar-refractivity contribution in [2.75, 3.05) is 20.3 Å². The van der Waals surface area contributed by atoms with Crippen molar-refractivity contribution in [3.63, 3.8) is 0 Å². The largest absolute Gasteiger partial charge is 0.493 e. The summed E-state index contributed by atoms with van der Waals surface area (Å²) in [4.78, 5) is 21.9. The first kappa shape index (κ1) is 22.6. The van der Waals surface area contributed by atoms with E-state index in [0.717, 1.165) is 11.3 Å². The summed E-state index contributed by atoms with van der Waals surface area (Å²) in [5, 5.41) is 9.57. The minimum Gasteiger partial charge on any atom is -0.493 e. The molecule has 170 valence electrons. The number of para-hydroxylation sites is 1. The van der Waals surface area contributed by atoms with E-state index in [2.05, 4.69) is 20.9 Å². The molecular weight excluding hydrogens is 490 g/mol. The van der Waals surface area contributed by atoms with Crippen molar-refractivity contribution in [2.24, 2.45) is 4.99 Å². The van der Waals surface area contributed by atoms with Gasteiger partial charge in [-0.05, 0) is 65.2 Å². The Labute approximate surface area is 199 Å². The van der Waals surface area contributed by atoms with Crippen LogP contribution in [0.3, 0.4) is 0 Å². The molecule has 2 heterocycles. The lowest BCUT2D eigenvalue weighted by Crippen LogP contribution is -2.38. The fourth-order valence-electron chi connectivity index (χ4n) is 3.34. The summed E-state index contributed by atoms with van der Waals surface area (Å²) >= 11 is 3.51. The Balaban J connectivity index is 1.49. The first-order valence-corrected chi connectivity index (χ1v) is 11.0. The number of aryl methyl sites for hydroxylation is 1. The van der Waals surface area contributed by atoms with Crippen LogP contribution in [0.4, 0.5) is 0 Å². The van der Waals surface area contributed by atoms with E-state index < -0.39 is 5.91 Å². The molecule has 0 bridgehead atoms. The summed E-state index contributed by atoms with van der Waals surface area (Å²) < 4.78 is 17.8. The molecule has 0 aromatic heterocycles. The highest BCUT2D eigenvalue weighted by Gasteiger charge is 2.34. The minimum atomic E-state index is -0.510. The second-order valence-corrected chi connectivity index (χ2v) is 8.17. The van der Waals surface area contributed by atoms with E-state index in [4.69, 9.17) is 24.5 Å². The highest BCUT2D eigenvalue weighted by Crippen LogP contribution is 2.37. The van der Waals surface area contributed by atoms with Crippen molar-refractivity contribution in [3.05, 3.63) is 69.4 Å². The van der Waals surface area contributed by atoms with Crippen LogP contribution < -0.4 is 14.2 Å². The Kier molecular flexibility index (Phi) is 6.50. The van der Waals surface area contributed by atoms with Gasteiger partial charge in [-0.3, -0.25) is 10.2 Å². The Bertz CT molecular complexity index is 1220. The second-order valence-electron chi connectivity index (χ2n) is 7.32. The SMILES string of the molecule is COc1cc(/C=C2\C(=N)N3OC(C)=CC3=NC2=O)cc(Br)c1OCCOc1ccccc1C. The molecule has 2 aromatic carbocycles. The Morgan fingerprint density at radius 3 is 2.67 bits per heavy atom. The molecule has 33 heavy (non-hydrogen) atoms. The number of aliphatic imine (C=N–C) groups is 1. The highest BCUT2D eigenvalue weighted by molar-refractivity contribution is 9.10. The van der Waals surface area contributed by atoms with Crippen LogP contribution in [0.1, 0.15) is 18.1 Å². The van der Waals surface area contributed by atoms with Gasteiger partial charge in [0.1, 0.15) is 24.7 Å². The Hall–Kier alpha value is -3.59. The number of fused-ring (bicyclic) bond motifs is 1. The standard InChI is InChI=1S/C24H22BrN3O5/c1-14-6-4-5-7-19(14)31-8-9-32-22-18(25)12-16(13-20(22)30-3)11-17-23(26)28-21(27-24(17)29)10-15(2)33-28/h4-7,10-13,26H,8-9H2,1-3H3/b17-11+,26-23?. The van der Waals surface area contributed by atoms with Gasteiger partial charge in [-0.1, -0.05) is 18.2 Å². The molecule has 9 heteroatoms. The molecule has 4 rings (SSSR count). The summed E-state index contributed by atoms with van der Waals surface area (Å²) in [6.45, 7) is 4.39. The molecule has 0 aliphatic carbocycles. The van der Waals surface area contributed by atoms with Gasteiger partial charge in [0.25, 0.3) is 5.91 Å². The number of ether oxygens (including phenoxy) is 3. The van der Waals surface area contributed by atoms with Gasteiger partial charge in [0, 0.05) is 6.08 Å². The maximum Gasteiger partial charge on any atom is 0.282 e. The average Bonchev–Trinajstić information content (AvgIpc) is 3.16. The number of amides is 1. The molecule has 0 atom stereocenters. The maximum absolute atomic E-state index is 12.5. The van der Waals surface area contributed by atoms with Gasteiger partial charge >= 0.3 is 0 Å². The summed E-state index contributed by atoms with van der Waals surface area (Å²) in [5.74, 6) is 2.07. The zero-order valence-electron chi connectivity index (χ0n) is 18.3. The highest BCUT2D eigenvalue weighted by atomic mass is 79.9. The third-order valence-corrected chi connectivity index (χ3v) is 5.51. The topological polar surface area (TPSA) is 93.4 Å². The fraction of sp³-hybridized carbons (Fsp3) is 0.208. The molecule has 2 aliphatic heterocycles. The number of benzene rings is 2. The van der Waals surface area contributed by atoms with Crippen molar-refractivity contribution in [3.8, 4) is 17.2 Å². The molecule has 0 unspecified atom stereocenters. The number of amidine groups is 2. The van der Waals surface area contributed by atoms with Crippen LogP contribution in [0.5, 0.6) is 17.2 Å². The first-order chi connectivity index (χ1) is 15.9. The number of methoxy groups -OCH3 is 1. The second kappa shape index (κ2) is 9.50. The smallest absolute Gasteiger partial charge is 0.282 e. The zero-order chi connectivity index (χ0) is 23.5. The van der Waals surface area contributed by atoms with Crippen molar-refractivity contribution >= 4 is 39.6 Å². The molecule has 0 fully saturated rings. The summed E-state index contributed by atoms with van der Waals surface area (Å²) in [5.41, 5.74) is 1.80. The Morgan fingerprint density at radius 1 is 1.15 bits per heavy atom. The molecular formula is C24H22BrN3O5.